The van der Waals surface area contributed by atoms with Gasteiger partial charge in [-0.05, 0) is 13.8 Å². The Morgan fingerprint density at radius 1 is 1.54 bits per heavy atom. The maximum atomic E-state index is 12.0. The average molecular weight is 196 g/mol. The SMILES string of the molecule is CC1(C)CNC(=O)N1CC(F)(F)F. The number of carbonyl (C=O) groups is 1. The fourth-order valence-electron chi connectivity index (χ4n) is 1.22. The van der Waals surface area contributed by atoms with Crippen molar-refractivity contribution >= 4 is 6.03 Å². The van der Waals surface area contributed by atoms with Crippen LogP contribution in [0.4, 0.5) is 18.0 Å². The highest BCUT2D eigenvalue weighted by Gasteiger charge is 2.43. The number of halogens is 3. The van der Waals surface area contributed by atoms with Gasteiger partial charge in [0.2, 0.25) is 0 Å². The van der Waals surface area contributed by atoms with Gasteiger partial charge in [-0.25, -0.2) is 4.79 Å². The minimum absolute atomic E-state index is 0.252. The molecule has 13 heavy (non-hydrogen) atoms. The van der Waals surface area contributed by atoms with Crippen molar-refractivity contribution < 1.29 is 18.0 Å². The van der Waals surface area contributed by atoms with Crippen LogP contribution in [0.2, 0.25) is 0 Å². The van der Waals surface area contributed by atoms with Crippen molar-refractivity contribution in [1.29, 1.82) is 0 Å². The molecule has 1 rings (SSSR count). The normalized spacial score (nSPS) is 21.9. The fourth-order valence-corrected chi connectivity index (χ4v) is 1.22. The van der Waals surface area contributed by atoms with Gasteiger partial charge in [-0.1, -0.05) is 0 Å². The summed E-state index contributed by atoms with van der Waals surface area (Å²) < 4.78 is 36.0. The van der Waals surface area contributed by atoms with Crippen molar-refractivity contribution in [1.82, 2.24) is 10.2 Å². The van der Waals surface area contributed by atoms with Crippen molar-refractivity contribution in [2.75, 3.05) is 13.1 Å². The summed E-state index contributed by atoms with van der Waals surface area (Å²) in [4.78, 5) is 11.8. The smallest absolute Gasteiger partial charge is 0.336 e. The molecule has 1 N–H and O–H groups in total. The molecule has 0 bridgehead atoms. The van der Waals surface area contributed by atoms with Gasteiger partial charge in [-0.2, -0.15) is 13.2 Å². The predicted molar refractivity (Wildman–Crippen MR) is 40.2 cm³/mol. The number of nitrogens with zero attached hydrogens (tertiary/aromatic N) is 1. The monoisotopic (exact) mass is 196 g/mol. The standard InChI is InChI=1S/C7H11F3N2O/c1-6(2)3-11-5(13)12(6)4-7(8,9)10/h3-4H2,1-2H3,(H,11,13). The van der Waals surface area contributed by atoms with Crippen molar-refractivity contribution in [3.8, 4) is 0 Å². The lowest BCUT2D eigenvalue weighted by atomic mass is 10.1. The zero-order valence-corrected chi connectivity index (χ0v) is 7.40. The Labute approximate surface area is 73.9 Å². The van der Waals surface area contributed by atoms with Crippen LogP contribution in [0.1, 0.15) is 13.8 Å². The van der Waals surface area contributed by atoms with Gasteiger partial charge < -0.3 is 10.2 Å². The first-order valence-electron chi connectivity index (χ1n) is 3.85. The Morgan fingerprint density at radius 2 is 2.08 bits per heavy atom. The van der Waals surface area contributed by atoms with E-state index in [4.69, 9.17) is 0 Å². The largest absolute Gasteiger partial charge is 0.406 e. The second-order valence-electron chi connectivity index (χ2n) is 3.67. The molecule has 1 saturated heterocycles. The van der Waals surface area contributed by atoms with Crippen LogP contribution in [0.5, 0.6) is 0 Å². The minimum atomic E-state index is -4.33. The number of amides is 2. The highest BCUT2D eigenvalue weighted by Crippen LogP contribution is 2.25. The maximum Gasteiger partial charge on any atom is 0.406 e. The Kier molecular flexibility index (Phi) is 2.17. The number of urea groups is 1. The highest BCUT2D eigenvalue weighted by atomic mass is 19.4. The lowest BCUT2D eigenvalue weighted by molar-refractivity contribution is -0.145. The van der Waals surface area contributed by atoms with Crippen LogP contribution in [0.3, 0.4) is 0 Å². The van der Waals surface area contributed by atoms with Gasteiger partial charge in [0.25, 0.3) is 0 Å². The van der Waals surface area contributed by atoms with Crippen LogP contribution < -0.4 is 5.32 Å². The number of nitrogens with one attached hydrogen (secondary N) is 1. The molecule has 0 aliphatic carbocycles. The van der Waals surface area contributed by atoms with Gasteiger partial charge in [-0.3, -0.25) is 0 Å². The van der Waals surface area contributed by atoms with Gasteiger partial charge in [0.1, 0.15) is 6.54 Å². The Morgan fingerprint density at radius 3 is 2.38 bits per heavy atom. The van der Waals surface area contributed by atoms with E-state index >= 15 is 0 Å². The van der Waals surface area contributed by atoms with E-state index in [1.165, 1.54) is 0 Å². The van der Waals surface area contributed by atoms with Crippen molar-refractivity contribution in [2.45, 2.75) is 25.6 Å². The van der Waals surface area contributed by atoms with E-state index in [2.05, 4.69) is 5.32 Å². The first-order valence-corrected chi connectivity index (χ1v) is 3.85. The Balaban J connectivity index is 2.72. The van der Waals surface area contributed by atoms with E-state index in [9.17, 15) is 18.0 Å². The van der Waals surface area contributed by atoms with Crippen LogP contribution in [0.15, 0.2) is 0 Å². The number of hydrogen-bond donors (Lipinski definition) is 1. The van der Waals surface area contributed by atoms with Crippen molar-refractivity contribution in [3.63, 3.8) is 0 Å². The number of carbonyl (C=O) groups excluding carboxylic acids is 1. The summed E-state index contributed by atoms with van der Waals surface area (Å²) in [6, 6.07) is -0.651. The third-order valence-corrected chi connectivity index (χ3v) is 1.99. The molecule has 1 fully saturated rings. The molecule has 1 aliphatic heterocycles. The molecule has 76 valence electrons. The van der Waals surface area contributed by atoms with Gasteiger partial charge in [-0.15, -0.1) is 0 Å². The Bertz CT molecular complexity index is 224. The lowest BCUT2D eigenvalue weighted by Crippen LogP contribution is -2.46. The molecule has 2 amide bonds. The molecule has 0 radical (unpaired) electrons. The summed E-state index contributed by atoms with van der Waals surface area (Å²) in [5, 5.41) is 2.37. The first kappa shape index (κ1) is 10.1. The number of rotatable bonds is 1. The summed E-state index contributed by atoms with van der Waals surface area (Å²) in [6.45, 7) is 2.25. The minimum Gasteiger partial charge on any atom is -0.336 e. The van der Waals surface area contributed by atoms with E-state index in [1.54, 1.807) is 13.8 Å². The van der Waals surface area contributed by atoms with E-state index in [0.717, 1.165) is 4.90 Å². The van der Waals surface area contributed by atoms with Crippen LogP contribution in [0, 0.1) is 0 Å². The van der Waals surface area contributed by atoms with Crippen LogP contribution in [-0.4, -0.2) is 35.7 Å². The summed E-state index contributed by atoms with van der Waals surface area (Å²) in [7, 11) is 0. The molecule has 0 aromatic heterocycles. The molecule has 0 unspecified atom stereocenters. The molecule has 6 heteroatoms. The number of hydrogen-bond acceptors (Lipinski definition) is 1. The molecule has 0 aromatic carbocycles. The number of alkyl halides is 3. The summed E-state index contributed by atoms with van der Waals surface area (Å²) >= 11 is 0. The van der Waals surface area contributed by atoms with Gasteiger partial charge in [0, 0.05) is 6.54 Å². The molecular weight excluding hydrogens is 185 g/mol. The van der Waals surface area contributed by atoms with Crippen molar-refractivity contribution in [2.24, 2.45) is 0 Å². The van der Waals surface area contributed by atoms with Crippen LogP contribution >= 0.6 is 0 Å². The van der Waals surface area contributed by atoms with E-state index in [0.29, 0.717) is 0 Å². The van der Waals surface area contributed by atoms with Gasteiger partial charge in [0.15, 0.2) is 0 Å². The zero-order valence-electron chi connectivity index (χ0n) is 7.40. The quantitative estimate of drug-likeness (QED) is 0.674. The second kappa shape index (κ2) is 2.78. The molecular formula is C7H11F3N2O. The molecule has 1 aliphatic rings. The first-order chi connectivity index (χ1) is 5.72. The third kappa shape index (κ3) is 2.26. The van der Waals surface area contributed by atoms with Gasteiger partial charge in [0.05, 0.1) is 5.54 Å². The highest BCUT2D eigenvalue weighted by molar-refractivity contribution is 5.77. The molecule has 1 heterocycles. The second-order valence-corrected chi connectivity index (χ2v) is 3.67. The molecule has 3 nitrogen and oxygen atoms in total. The predicted octanol–water partition coefficient (Wildman–Crippen LogP) is 1.35. The van der Waals surface area contributed by atoms with Gasteiger partial charge >= 0.3 is 12.2 Å². The maximum absolute atomic E-state index is 12.0. The molecule has 0 aromatic rings. The fraction of sp³-hybridized carbons (Fsp3) is 0.857. The topological polar surface area (TPSA) is 32.3 Å². The van der Waals surface area contributed by atoms with E-state index in [1.807, 2.05) is 0 Å². The summed E-state index contributed by atoms with van der Waals surface area (Å²) in [6.07, 6.45) is -4.33. The third-order valence-electron chi connectivity index (χ3n) is 1.99. The molecule has 0 atom stereocenters. The van der Waals surface area contributed by atoms with Crippen LogP contribution in [-0.2, 0) is 0 Å². The van der Waals surface area contributed by atoms with E-state index in [-0.39, 0.29) is 6.54 Å². The summed E-state index contributed by atoms with van der Waals surface area (Å²) in [5.41, 5.74) is -0.757. The summed E-state index contributed by atoms with van der Waals surface area (Å²) in [5.74, 6) is 0. The Hall–Kier alpha value is -0.940. The van der Waals surface area contributed by atoms with E-state index < -0.39 is 24.3 Å². The average Bonchev–Trinajstić information content (AvgIpc) is 2.13. The molecule has 0 saturated carbocycles. The molecule has 0 spiro atoms. The van der Waals surface area contributed by atoms with Crippen LogP contribution in [0.25, 0.3) is 0 Å². The van der Waals surface area contributed by atoms with Crippen molar-refractivity contribution in [3.05, 3.63) is 0 Å². The lowest BCUT2D eigenvalue weighted by Gasteiger charge is -2.30. The zero-order chi connectivity index (χ0) is 10.3.